The van der Waals surface area contributed by atoms with Crippen LogP contribution in [0.4, 0.5) is 0 Å². The highest BCUT2D eigenvalue weighted by Gasteiger charge is 1.99. The molecule has 0 saturated carbocycles. The van der Waals surface area contributed by atoms with Gasteiger partial charge < -0.3 is 14.8 Å². The summed E-state index contributed by atoms with van der Waals surface area (Å²) in [5.74, 6) is 0.807. The number of nitrogens with one attached hydrogen (secondary N) is 1. The number of hydrogen-bond acceptors (Lipinski definition) is 4. The molecule has 0 heterocycles. The van der Waals surface area contributed by atoms with E-state index in [0.29, 0.717) is 24.7 Å². The maximum absolute atomic E-state index is 10.7. The van der Waals surface area contributed by atoms with Crippen LogP contribution in [0.1, 0.15) is 20.3 Å². The Hall–Kier alpha value is -2.04. The Kier molecular flexibility index (Phi) is 5.70. The van der Waals surface area contributed by atoms with E-state index < -0.39 is 0 Å². The van der Waals surface area contributed by atoms with Gasteiger partial charge in [0.1, 0.15) is 11.5 Å². The van der Waals surface area contributed by atoms with Crippen LogP contribution in [0.5, 0.6) is 11.5 Å². The summed E-state index contributed by atoms with van der Waals surface area (Å²) in [6.07, 6.45) is 0.741. The Morgan fingerprint density at radius 1 is 1.11 bits per heavy atom. The molecule has 0 aromatic heterocycles. The van der Waals surface area contributed by atoms with Gasteiger partial charge in [-0.05, 0) is 30.7 Å². The Balaban J connectivity index is 2.26. The van der Waals surface area contributed by atoms with Crippen molar-refractivity contribution < 1.29 is 19.1 Å². The predicted octanol–water partition coefficient (Wildman–Crippen LogP) is 1.52. The van der Waals surface area contributed by atoms with Gasteiger partial charge in [-0.3, -0.25) is 9.59 Å². The molecule has 0 spiro atoms. The lowest BCUT2D eigenvalue weighted by molar-refractivity contribution is -0.131. The fourth-order valence-corrected chi connectivity index (χ4v) is 1.30. The summed E-state index contributed by atoms with van der Waals surface area (Å²) in [6.45, 7) is 3.95. The number of amides is 1. The number of esters is 1. The van der Waals surface area contributed by atoms with E-state index in [1.165, 1.54) is 13.8 Å². The summed E-state index contributed by atoms with van der Waals surface area (Å²) < 4.78 is 10.4. The smallest absolute Gasteiger partial charge is 0.308 e. The largest absolute Gasteiger partial charge is 0.494 e. The van der Waals surface area contributed by atoms with Crippen LogP contribution in [-0.4, -0.2) is 25.0 Å². The lowest BCUT2D eigenvalue weighted by atomic mass is 10.3. The highest BCUT2D eigenvalue weighted by Crippen LogP contribution is 2.17. The quantitative estimate of drug-likeness (QED) is 0.473. The lowest BCUT2D eigenvalue weighted by Gasteiger charge is -2.07. The summed E-state index contributed by atoms with van der Waals surface area (Å²) in [4.78, 5) is 21.3. The van der Waals surface area contributed by atoms with Crippen molar-refractivity contribution in [1.29, 1.82) is 0 Å². The Morgan fingerprint density at radius 2 is 1.72 bits per heavy atom. The van der Waals surface area contributed by atoms with Crippen molar-refractivity contribution in [1.82, 2.24) is 5.32 Å². The van der Waals surface area contributed by atoms with Crippen molar-refractivity contribution in [3.05, 3.63) is 24.3 Å². The number of benzene rings is 1. The third-order valence-corrected chi connectivity index (χ3v) is 2.05. The van der Waals surface area contributed by atoms with E-state index in [1.807, 2.05) is 0 Å². The normalized spacial score (nSPS) is 9.67. The summed E-state index contributed by atoms with van der Waals surface area (Å²) in [5, 5.41) is 2.69. The molecule has 1 N–H and O–H groups in total. The number of ether oxygens (including phenoxy) is 2. The second-order valence-electron chi connectivity index (χ2n) is 3.75. The molecule has 0 saturated heterocycles. The number of hydrogen-bond donors (Lipinski definition) is 1. The molecular weight excluding hydrogens is 234 g/mol. The van der Waals surface area contributed by atoms with Crippen molar-refractivity contribution in [2.75, 3.05) is 13.2 Å². The van der Waals surface area contributed by atoms with E-state index in [1.54, 1.807) is 24.3 Å². The van der Waals surface area contributed by atoms with Gasteiger partial charge in [0.2, 0.25) is 5.91 Å². The molecule has 0 aliphatic heterocycles. The molecule has 1 aromatic carbocycles. The van der Waals surface area contributed by atoms with Gasteiger partial charge >= 0.3 is 5.97 Å². The number of carbonyl (C=O) groups excluding carboxylic acids is 2. The summed E-state index contributed by atoms with van der Waals surface area (Å²) >= 11 is 0. The maximum atomic E-state index is 10.7. The van der Waals surface area contributed by atoms with Gasteiger partial charge in [0, 0.05) is 20.4 Å². The van der Waals surface area contributed by atoms with Crippen LogP contribution in [0.2, 0.25) is 0 Å². The van der Waals surface area contributed by atoms with Crippen LogP contribution in [0, 0.1) is 0 Å². The van der Waals surface area contributed by atoms with Crippen LogP contribution in [0.25, 0.3) is 0 Å². The standard InChI is InChI=1S/C13H17NO4/c1-10(15)14-8-3-9-17-12-4-6-13(7-5-12)18-11(2)16/h4-7H,3,8-9H2,1-2H3,(H,14,15). The second kappa shape index (κ2) is 7.32. The van der Waals surface area contributed by atoms with E-state index in [2.05, 4.69) is 5.32 Å². The van der Waals surface area contributed by atoms with Crippen molar-refractivity contribution in [2.45, 2.75) is 20.3 Å². The maximum Gasteiger partial charge on any atom is 0.308 e. The van der Waals surface area contributed by atoms with Gasteiger partial charge in [-0.15, -0.1) is 0 Å². The highest BCUT2D eigenvalue weighted by molar-refractivity contribution is 5.72. The Bertz CT molecular complexity index is 400. The van der Waals surface area contributed by atoms with Crippen LogP contribution < -0.4 is 14.8 Å². The van der Waals surface area contributed by atoms with Gasteiger partial charge in [0.15, 0.2) is 0 Å². The monoisotopic (exact) mass is 251 g/mol. The molecule has 0 unspecified atom stereocenters. The molecule has 0 aliphatic rings. The summed E-state index contributed by atoms with van der Waals surface area (Å²) in [7, 11) is 0. The molecule has 5 nitrogen and oxygen atoms in total. The molecule has 1 aromatic rings. The zero-order chi connectivity index (χ0) is 13.4. The molecule has 0 radical (unpaired) electrons. The van der Waals surface area contributed by atoms with E-state index in [4.69, 9.17) is 9.47 Å². The minimum absolute atomic E-state index is 0.0410. The minimum Gasteiger partial charge on any atom is -0.494 e. The molecule has 0 fully saturated rings. The van der Waals surface area contributed by atoms with Gasteiger partial charge in [0.05, 0.1) is 6.61 Å². The zero-order valence-electron chi connectivity index (χ0n) is 10.6. The van der Waals surface area contributed by atoms with E-state index in [0.717, 1.165) is 6.42 Å². The first kappa shape index (κ1) is 14.0. The molecule has 0 bridgehead atoms. The van der Waals surface area contributed by atoms with Crippen LogP contribution in [0.15, 0.2) is 24.3 Å². The zero-order valence-corrected chi connectivity index (χ0v) is 10.6. The first-order valence-corrected chi connectivity index (χ1v) is 5.73. The Labute approximate surface area is 106 Å². The SMILES string of the molecule is CC(=O)NCCCOc1ccc(OC(C)=O)cc1. The topological polar surface area (TPSA) is 64.6 Å². The van der Waals surface area contributed by atoms with E-state index >= 15 is 0 Å². The number of rotatable bonds is 6. The predicted molar refractivity (Wildman–Crippen MR) is 66.5 cm³/mol. The first-order chi connectivity index (χ1) is 8.58. The molecule has 18 heavy (non-hydrogen) atoms. The van der Waals surface area contributed by atoms with Crippen molar-refractivity contribution in [3.8, 4) is 11.5 Å². The van der Waals surface area contributed by atoms with Crippen molar-refractivity contribution >= 4 is 11.9 Å². The summed E-state index contributed by atoms with van der Waals surface area (Å²) in [5.41, 5.74) is 0. The fraction of sp³-hybridized carbons (Fsp3) is 0.385. The van der Waals surface area contributed by atoms with E-state index in [-0.39, 0.29) is 11.9 Å². The Morgan fingerprint density at radius 3 is 2.28 bits per heavy atom. The van der Waals surface area contributed by atoms with Crippen molar-refractivity contribution in [3.63, 3.8) is 0 Å². The second-order valence-corrected chi connectivity index (χ2v) is 3.75. The third kappa shape index (κ3) is 5.89. The minimum atomic E-state index is -0.348. The van der Waals surface area contributed by atoms with Crippen LogP contribution >= 0.6 is 0 Å². The highest BCUT2D eigenvalue weighted by atomic mass is 16.5. The average molecular weight is 251 g/mol. The van der Waals surface area contributed by atoms with Gasteiger partial charge in [-0.25, -0.2) is 0 Å². The summed E-state index contributed by atoms with van der Waals surface area (Å²) in [6, 6.07) is 6.81. The third-order valence-electron chi connectivity index (χ3n) is 2.05. The van der Waals surface area contributed by atoms with E-state index in [9.17, 15) is 9.59 Å². The van der Waals surface area contributed by atoms with Crippen LogP contribution in [-0.2, 0) is 9.59 Å². The number of carbonyl (C=O) groups is 2. The van der Waals surface area contributed by atoms with Gasteiger partial charge in [0.25, 0.3) is 0 Å². The van der Waals surface area contributed by atoms with Crippen LogP contribution in [0.3, 0.4) is 0 Å². The molecule has 98 valence electrons. The van der Waals surface area contributed by atoms with Gasteiger partial charge in [-0.1, -0.05) is 0 Å². The molecule has 0 atom stereocenters. The van der Waals surface area contributed by atoms with Gasteiger partial charge in [-0.2, -0.15) is 0 Å². The molecule has 5 heteroatoms. The molecule has 1 rings (SSSR count). The fourth-order valence-electron chi connectivity index (χ4n) is 1.30. The van der Waals surface area contributed by atoms with Crippen molar-refractivity contribution in [2.24, 2.45) is 0 Å². The molecule has 1 amide bonds. The first-order valence-electron chi connectivity index (χ1n) is 5.73. The average Bonchev–Trinajstić information content (AvgIpc) is 2.30. The molecular formula is C13H17NO4. The lowest BCUT2D eigenvalue weighted by Crippen LogP contribution is -2.22. The molecule has 0 aliphatic carbocycles.